The van der Waals surface area contributed by atoms with Gasteiger partial charge in [-0.1, -0.05) is 50.2 Å². The number of carbonyl (C=O) groups excluding carboxylic acids is 2. The first kappa shape index (κ1) is 18.7. The lowest BCUT2D eigenvalue weighted by Crippen LogP contribution is -2.41. The molecule has 0 aliphatic carbocycles. The second-order valence-electron chi connectivity index (χ2n) is 6.16. The van der Waals surface area contributed by atoms with Crippen molar-refractivity contribution < 1.29 is 19.4 Å². The summed E-state index contributed by atoms with van der Waals surface area (Å²) in [4.78, 5) is 26.2. The molecule has 0 heterocycles. The number of rotatable bonds is 7. The molecule has 2 aromatic rings. The zero-order valence-corrected chi connectivity index (χ0v) is 14.5. The molecule has 2 rings (SSSR count). The molecule has 5 nitrogen and oxygen atoms in total. The Morgan fingerprint density at radius 3 is 2.12 bits per heavy atom. The zero-order chi connectivity index (χ0) is 18.2. The maximum Gasteiger partial charge on any atom is 0.336 e. The van der Waals surface area contributed by atoms with E-state index >= 15 is 0 Å². The van der Waals surface area contributed by atoms with E-state index in [9.17, 15) is 14.7 Å². The molecule has 1 amide bonds. The molecule has 5 heteroatoms. The monoisotopic (exact) mass is 341 g/mol. The molecule has 0 fully saturated rings. The van der Waals surface area contributed by atoms with Crippen LogP contribution >= 0.6 is 0 Å². The second kappa shape index (κ2) is 8.99. The quantitative estimate of drug-likeness (QED) is 0.787. The number of amides is 1. The number of benzene rings is 2. The molecule has 0 aromatic heterocycles. The number of nitrogens with zero attached hydrogens (tertiary/aromatic N) is 1. The Hall–Kier alpha value is -2.66. The topological polar surface area (TPSA) is 66.8 Å². The molecule has 25 heavy (non-hydrogen) atoms. The maximum atomic E-state index is 12.8. The van der Waals surface area contributed by atoms with Gasteiger partial charge in [0.05, 0.1) is 13.2 Å². The lowest BCUT2D eigenvalue weighted by molar-refractivity contribution is -0.153. The average Bonchev–Trinajstić information content (AvgIpc) is 2.64. The summed E-state index contributed by atoms with van der Waals surface area (Å²) in [7, 11) is 0. The molecule has 0 bridgehead atoms. The number of esters is 1. The molecule has 0 saturated heterocycles. The van der Waals surface area contributed by atoms with Crippen LogP contribution < -0.4 is 4.90 Å². The van der Waals surface area contributed by atoms with Crippen LogP contribution in [0.1, 0.15) is 24.2 Å². The van der Waals surface area contributed by atoms with Crippen molar-refractivity contribution >= 4 is 17.6 Å². The summed E-state index contributed by atoms with van der Waals surface area (Å²) in [5, 5.41) is 10.2. The Morgan fingerprint density at radius 1 is 1.00 bits per heavy atom. The summed E-state index contributed by atoms with van der Waals surface area (Å²) in [6, 6.07) is 17.7. The summed E-state index contributed by atoms with van der Waals surface area (Å²) < 4.78 is 5.06. The van der Waals surface area contributed by atoms with Gasteiger partial charge in [0.25, 0.3) is 5.91 Å². The third-order valence-electron chi connectivity index (χ3n) is 3.52. The first-order chi connectivity index (χ1) is 12.0. The van der Waals surface area contributed by atoms with E-state index in [1.165, 1.54) is 4.90 Å². The molecule has 132 valence electrons. The van der Waals surface area contributed by atoms with Crippen LogP contribution in [0.3, 0.4) is 0 Å². The lowest BCUT2D eigenvalue weighted by Gasteiger charge is -2.25. The van der Waals surface area contributed by atoms with Gasteiger partial charge in [-0.05, 0) is 30.2 Å². The van der Waals surface area contributed by atoms with Crippen molar-refractivity contribution in [2.45, 2.75) is 20.0 Å². The van der Waals surface area contributed by atoms with Gasteiger partial charge in [-0.3, -0.25) is 4.79 Å². The number of para-hydroxylation sites is 1. The van der Waals surface area contributed by atoms with Crippen molar-refractivity contribution in [3.05, 3.63) is 66.2 Å². The summed E-state index contributed by atoms with van der Waals surface area (Å²) in [5.41, 5.74) is 1.08. The molecular weight excluding hydrogens is 318 g/mol. The molecule has 0 aliphatic rings. The van der Waals surface area contributed by atoms with Crippen molar-refractivity contribution in [1.29, 1.82) is 0 Å². The highest BCUT2D eigenvalue weighted by molar-refractivity contribution is 6.06. The molecule has 2 aromatic carbocycles. The van der Waals surface area contributed by atoms with Gasteiger partial charge in [-0.2, -0.15) is 0 Å². The van der Waals surface area contributed by atoms with Crippen LogP contribution in [0, 0.1) is 5.92 Å². The first-order valence-electron chi connectivity index (χ1n) is 8.25. The Kier molecular flexibility index (Phi) is 6.71. The fourth-order valence-electron chi connectivity index (χ4n) is 2.24. The van der Waals surface area contributed by atoms with Crippen LogP contribution in [0.25, 0.3) is 0 Å². The number of aliphatic hydroxyl groups is 1. The Labute approximate surface area is 147 Å². The summed E-state index contributed by atoms with van der Waals surface area (Å²) >= 11 is 0. The van der Waals surface area contributed by atoms with E-state index in [1.807, 2.05) is 26.0 Å². The number of ether oxygens (including phenoxy) is 1. The van der Waals surface area contributed by atoms with Crippen LogP contribution in [0.5, 0.6) is 0 Å². The molecular formula is C20H23NO4. The minimum absolute atomic E-state index is 0.172. The van der Waals surface area contributed by atoms with Gasteiger partial charge in [0, 0.05) is 11.3 Å². The molecule has 0 spiro atoms. The number of carbonyl (C=O) groups is 2. The van der Waals surface area contributed by atoms with Gasteiger partial charge in [0.2, 0.25) is 0 Å². The van der Waals surface area contributed by atoms with Crippen molar-refractivity contribution in [1.82, 2.24) is 0 Å². The highest BCUT2D eigenvalue weighted by atomic mass is 16.5. The van der Waals surface area contributed by atoms with E-state index in [0.29, 0.717) is 11.3 Å². The molecule has 1 atom stereocenters. The third-order valence-corrected chi connectivity index (χ3v) is 3.52. The predicted molar refractivity (Wildman–Crippen MR) is 96.4 cm³/mol. The Bertz CT molecular complexity index is 685. The Balaban J connectivity index is 2.18. The highest BCUT2D eigenvalue weighted by Gasteiger charge is 2.25. The van der Waals surface area contributed by atoms with Gasteiger partial charge in [0.15, 0.2) is 6.10 Å². The van der Waals surface area contributed by atoms with Crippen LogP contribution in [-0.4, -0.2) is 36.2 Å². The zero-order valence-electron chi connectivity index (χ0n) is 14.5. The van der Waals surface area contributed by atoms with E-state index < -0.39 is 12.1 Å². The van der Waals surface area contributed by atoms with Crippen molar-refractivity contribution in [2.75, 3.05) is 18.1 Å². The van der Waals surface area contributed by atoms with E-state index in [4.69, 9.17) is 4.74 Å². The summed E-state index contributed by atoms with van der Waals surface area (Å²) in [6.07, 6.45) is -1.41. The number of hydrogen-bond donors (Lipinski definition) is 1. The van der Waals surface area contributed by atoms with E-state index in [-0.39, 0.29) is 25.0 Å². The summed E-state index contributed by atoms with van der Waals surface area (Å²) in [6.45, 7) is 3.88. The van der Waals surface area contributed by atoms with Crippen molar-refractivity contribution in [3.63, 3.8) is 0 Å². The molecule has 0 saturated carbocycles. The van der Waals surface area contributed by atoms with E-state index in [1.54, 1.807) is 48.5 Å². The summed E-state index contributed by atoms with van der Waals surface area (Å²) in [5.74, 6) is -0.842. The van der Waals surface area contributed by atoms with Crippen LogP contribution in [-0.2, 0) is 9.53 Å². The SMILES string of the molecule is CC(C)COC(=O)[C@@H](O)CN(C(=O)c1ccccc1)c1ccccc1. The van der Waals surface area contributed by atoms with Gasteiger partial charge in [0.1, 0.15) is 0 Å². The Morgan fingerprint density at radius 2 is 1.56 bits per heavy atom. The number of anilines is 1. The fraction of sp³-hybridized carbons (Fsp3) is 0.300. The van der Waals surface area contributed by atoms with Crippen molar-refractivity contribution in [3.8, 4) is 0 Å². The normalized spacial score (nSPS) is 11.8. The minimum Gasteiger partial charge on any atom is -0.463 e. The van der Waals surface area contributed by atoms with Gasteiger partial charge >= 0.3 is 5.97 Å². The average molecular weight is 341 g/mol. The van der Waals surface area contributed by atoms with Crippen LogP contribution in [0.15, 0.2) is 60.7 Å². The van der Waals surface area contributed by atoms with E-state index in [2.05, 4.69) is 0 Å². The first-order valence-corrected chi connectivity index (χ1v) is 8.25. The highest BCUT2D eigenvalue weighted by Crippen LogP contribution is 2.17. The number of aliphatic hydroxyl groups excluding tert-OH is 1. The second-order valence-corrected chi connectivity index (χ2v) is 6.16. The van der Waals surface area contributed by atoms with Crippen LogP contribution in [0.2, 0.25) is 0 Å². The molecule has 0 aliphatic heterocycles. The van der Waals surface area contributed by atoms with Gasteiger partial charge in [-0.25, -0.2) is 4.79 Å². The third kappa shape index (κ3) is 5.43. The predicted octanol–water partition coefficient (Wildman–Crippen LogP) is 2.89. The smallest absolute Gasteiger partial charge is 0.336 e. The van der Waals surface area contributed by atoms with Gasteiger partial charge in [-0.15, -0.1) is 0 Å². The van der Waals surface area contributed by atoms with Crippen molar-refractivity contribution in [2.24, 2.45) is 5.92 Å². The van der Waals surface area contributed by atoms with E-state index in [0.717, 1.165) is 0 Å². The molecule has 1 N–H and O–H groups in total. The molecule has 0 radical (unpaired) electrons. The number of hydrogen-bond acceptors (Lipinski definition) is 4. The van der Waals surface area contributed by atoms with Gasteiger partial charge < -0.3 is 14.7 Å². The maximum absolute atomic E-state index is 12.8. The molecule has 0 unspecified atom stereocenters. The largest absolute Gasteiger partial charge is 0.463 e. The standard InChI is InChI=1S/C20H23NO4/c1-15(2)14-25-20(24)18(22)13-21(17-11-7-4-8-12-17)19(23)16-9-5-3-6-10-16/h3-12,15,18,22H,13-14H2,1-2H3/t18-/m0/s1. The van der Waals surface area contributed by atoms with Crippen LogP contribution in [0.4, 0.5) is 5.69 Å². The minimum atomic E-state index is -1.41. The lowest BCUT2D eigenvalue weighted by atomic mass is 10.1. The fourth-order valence-corrected chi connectivity index (χ4v) is 2.24.